The van der Waals surface area contributed by atoms with E-state index in [1.807, 2.05) is 69.3 Å². The Kier molecular flexibility index (Phi) is 7.70. The summed E-state index contributed by atoms with van der Waals surface area (Å²) in [6, 6.07) is 15.8. The maximum Gasteiger partial charge on any atom is 0.412 e. The van der Waals surface area contributed by atoms with Gasteiger partial charge in [-0.25, -0.2) is 9.78 Å². The van der Waals surface area contributed by atoms with Gasteiger partial charge in [0.2, 0.25) is 0 Å². The first-order valence-electron chi connectivity index (χ1n) is 10.8. The normalized spacial score (nSPS) is 11.9. The fourth-order valence-corrected chi connectivity index (χ4v) is 3.15. The summed E-state index contributed by atoms with van der Waals surface area (Å²) < 4.78 is 5.27. The van der Waals surface area contributed by atoms with E-state index in [-0.39, 0.29) is 0 Å². The molecule has 0 aliphatic carbocycles. The third-order valence-electron chi connectivity index (χ3n) is 4.62. The lowest BCUT2D eigenvalue weighted by molar-refractivity contribution is 0.0636. The molecule has 0 spiro atoms. The van der Waals surface area contributed by atoms with Crippen molar-refractivity contribution in [2.24, 2.45) is 4.99 Å². The molecule has 0 aliphatic heterocycles. The highest BCUT2D eigenvalue weighted by atomic mass is 16.6. The summed E-state index contributed by atoms with van der Waals surface area (Å²) in [5.74, 6) is 1.71. The summed E-state index contributed by atoms with van der Waals surface area (Å²) in [6.45, 7) is 6.98. The summed E-state index contributed by atoms with van der Waals surface area (Å²) >= 11 is 0. The molecule has 0 saturated heterocycles. The Morgan fingerprint density at radius 3 is 2.38 bits per heavy atom. The maximum atomic E-state index is 11.8. The van der Waals surface area contributed by atoms with Crippen molar-refractivity contribution in [2.75, 3.05) is 25.5 Å². The van der Waals surface area contributed by atoms with Crippen molar-refractivity contribution in [1.82, 2.24) is 20.6 Å². The number of hydrogen-bond acceptors (Lipinski definition) is 4. The van der Waals surface area contributed by atoms with Crippen molar-refractivity contribution >= 4 is 28.8 Å². The number of aliphatic imine (C=N–C) groups is 1. The largest absolute Gasteiger partial charge is 0.444 e. The van der Waals surface area contributed by atoms with Crippen LogP contribution >= 0.6 is 0 Å². The van der Waals surface area contributed by atoms with Gasteiger partial charge in [0, 0.05) is 32.2 Å². The Balaban J connectivity index is 1.38. The number of benzene rings is 2. The molecule has 0 fully saturated rings. The standard InChI is InChI=1S/C24H32N6O2/c1-24(2,3)32-23(31)28-18-11-9-17(10-12-18)13-15-26-22(25-4)27-16-14-21-29-19-7-5-6-8-20(19)30-21/h5-12H,13-16H2,1-4H3,(H,28,31)(H,29,30)(H2,25,26,27). The van der Waals surface area contributed by atoms with Crippen molar-refractivity contribution in [1.29, 1.82) is 0 Å². The minimum absolute atomic E-state index is 0.454. The van der Waals surface area contributed by atoms with Gasteiger partial charge in [-0.3, -0.25) is 10.3 Å². The van der Waals surface area contributed by atoms with Crippen molar-refractivity contribution < 1.29 is 9.53 Å². The van der Waals surface area contributed by atoms with Gasteiger partial charge < -0.3 is 20.4 Å². The van der Waals surface area contributed by atoms with E-state index in [0.717, 1.165) is 54.3 Å². The quantitative estimate of drug-likeness (QED) is 0.333. The summed E-state index contributed by atoms with van der Waals surface area (Å²) in [5, 5.41) is 9.38. The molecule has 3 rings (SSSR count). The zero-order chi connectivity index (χ0) is 23.0. The molecule has 8 heteroatoms. The van der Waals surface area contributed by atoms with E-state index in [9.17, 15) is 4.79 Å². The molecule has 0 radical (unpaired) electrons. The molecule has 32 heavy (non-hydrogen) atoms. The number of carbonyl (C=O) groups excluding carboxylic acids is 1. The highest BCUT2D eigenvalue weighted by Crippen LogP contribution is 2.13. The Morgan fingerprint density at radius 1 is 1.03 bits per heavy atom. The van der Waals surface area contributed by atoms with E-state index in [1.165, 1.54) is 0 Å². The number of guanidine groups is 1. The van der Waals surface area contributed by atoms with E-state index in [4.69, 9.17) is 4.74 Å². The number of hydrogen-bond donors (Lipinski definition) is 4. The molecule has 8 nitrogen and oxygen atoms in total. The van der Waals surface area contributed by atoms with E-state index in [2.05, 4.69) is 30.9 Å². The number of aromatic amines is 1. The number of rotatable bonds is 7. The fraction of sp³-hybridized carbons (Fsp3) is 0.375. The second kappa shape index (κ2) is 10.7. The molecule has 0 saturated carbocycles. The zero-order valence-corrected chi connectivity index (χ0v) is 19.2. The molecule has 0 aliphatic rings. The molecule has 1 amide bonds. The second-order valence-corrected chi connectivity index (χ2v) is 8.45. The Labute approximate surface area is 188 Å². The van der Waals surface area contributed by atoms with Crippen LogP contribution in [0.1, 0.15) is 32.2 Å². The van der Waals surface area contributed by atoms with Crippen LogP contribution in [-0.2, 0) is 17.6 Å². The first-order valence-corrected chi connectivity index (χ1v) is 10.8. The Morgan fingerprint density at radius 2 is 1.72 bits per heavy atom. The fourth-order valence-electron chi connectivity index (χ4n) is 3.15. The number of nitrogens with one attached hydrogen (secondary N) is 4. The lowest BCUT2D eigenvalue weighted by Gasteiger charge is -2.19. The molecule has 1 heterocycles. The third kappa shape index (κ3) is 7.30. The van der Waals surface area contributed by atoms with Crippen LogP contribution in [0.25, 0.3) is 11.0 Å². The van der Waals surface area contributed by atoms with Gasteiger partial charge in [-0.2, -0.15) is 0 Å². The molecule has 3 aromatic rings. The molecule has 1 aromatic heterocycles. The summed E-state index contributed by atoms with van der Waals surface area (Å²) in [4.78, 5) is 24.0. The monoisotopic (exact) mass is 436 g/mol. The van der Waals surface area contributed by atoms with Gasteiger partial charge in [-0.15, -0.1) is 0 Å². The summed E-state index contributed by atoms with van der Waals surface area (Å²) in [6.07, 6.45) is 1.16. The van der Waals surface area contributed by atoms with Crippen LogP contribution in [0, 0.1) is 0 Å². The van der Waals surface area contributed by atoms with E-state index in [0.29, 0.717) is 5.69 Å². The lowest BCUT2D eigenvalue weighted by atomic mass is 10.1. The molecular weight excluding hydrogens is 404 g/mol. The number of anilines is 1. The number of para-hydroxylation sites is 2. The lowest BCUT2D eigenvalue weighted by Crippen LogP contribution is -2.39. The highest BCUT2D eigenvalue weighted by molar-refractivity contribution is 5.84. The van der Waals surface area contributed by atoms with Crippen LogP contribution in [0.5, 0.6) is 0 Å². The number of ether oxygens (including phenoxy) is 1. The van der Waals surface area contributed by atoms with E-state index >= 15 is 0 Å². The van der Waals surface area contributed by atoms with Crippen molar-refractivity contribution in [2.45, 2.75) is 39.2 Å². The van der Waals surface area contributed by atoms with Crippen molar-refractivity contribution in [3.8, 4) is 0 Å². The van der Waals surface area contributed by atoms with Crippen LogP contribution < -0.4 is 16.0 Å². The average molecular weight is 437 g/mol. The molecule has 4 N–H and O–H groups in total. The zero-order valence-electron chi connectivity index (χ0n) is 19.2. The first kappa shape index (κ1) is 23.1. The third-order valence-corrected chi connectivity index (χ3v) is 4.62. The first-order chi connectivity index (χ1) is 15.3. The van der Waals surface area contributed by atoms with Gasteiger partial charge in [-0.05, 0) is 57.0 Å². The minimum Gasteiger partial charge on any atom is -0.444 e. The number of imidazole rings is 1. The van der Waals surface area contributed by atoms with Gasteiger partial charge in [0.25, 0.3) is 0 Å². The number of carbonyl (C=O) groups is 1. The molecule has 0 bridgehead atoms. The smallest absolute Gasteiger partial charge is 0.412 e. The molecule has 2 aromatic carbocycles. The second-order valence-electron chi connectivity index (χ2n) is 8.45. The Hall–Kier alpha value is -3.55. The Bertz CT molecular complexity index is 1020. The van der Waals surface area contributed by atoms with Gasteiger partial charge in [0.1, 0.15) is 11.4 Å². The number of amides is 1. The van der Waals surface area contributed by atoms with Gasteiger partial charge >= 0.3 is 6.09 Å². The molecular formula is C24H32N6O2. The van der Waals surface area contributed by atoms with Crippen LogP contribution in [-0.4, -0.2) is 47.8 Å². The summed E-state index contributed by atoms with van der Waals surface area (Å²) in [7, 11) is 1.76. The average Bonchev–Trinajstić information content (AvgIpc) is 3.15. The van der Waals surface area contributed by atoms with Gasteiger partial charge in [0.15, 0.2) is 5.96 Å². The van der Waals surface area contributed by atoms with Crippen molar-refractivity contribution in [3.63, 3.8) is 0 Å². The van der Waals surface area contributed by atoms with Crippen LogP contribution in [0.2, 0.25) is 0 Å². The molecule has 0 unspecified atom stereocenters. The van der Waals surface area contributed by atoms with Crippen molar-refractivity contribution in [3.05, 3.63) is 59.9 Å². The number of nitrogens with zero attached hydrogens (tertiary/aromatic N) is 2. The number of fused-ring (bicyclic) bond motifs is 1. The number of H-pyrrole nitrogens is 1. The summed E-state index contributed by atoms with van der Waals surface area (Å²) in [5.41, 5.74) is 3.38. The van der Waals surface area contributed by atoms with E-state index in [1.54, 1.807) is 7.05 Å². The van der Waals surface area contributed by atoms with Crippen LogP contribution in [0.15, 0.2) is 53.5 Å². The number of aromatic nitrogens is 2. The predicted octanol–water partition coefficient (Wildman–Crippen LogP) is 3.86. The SMILES string of the molecule is CN=C(NCCc1ccc(NC(=O)OC(C)(C)C)cc1)NCCc1nc2ccccc2[nH]1. The molecule has 170 valence electrons. The highest BCUT2D eigenvalue weighted by Gasteiger charge is 2.16. The van der Waals surface area contributed by atoms with Crippen LogP contribution in [0.3, 0.4) is 0 Å². The topological polar surface area (TPSA) is 103 Å². The van der Waals surface area contributed by atoms with Gasteiger partial charge in [-0.1, -0.05) is 24.3 Å². The maximum absolute atomic E-state index is 11.8. The minimum atomic E-state index is -0.520. The molecule has 0 atom stereocenters. The van der Waals surface area contributed by atoms with E-state index < -0.39 is 11.7 Å². The predicted molar refractivity (Wildman–Crippen MR) is 129 cm³/mol. The van der Waals surface area contributed by atoms with Crippen LogP contribution in [0.4, 0.5) is 10.5 Å². The van der Waals surface area contributed by atoms with Gasteiger partial charge in [0.05, 0.1) is 11.0 Å².